The average molecular weight is 1220 g/mol. The van der Waals surface area contributed by atoms with Crippen LogP contribution in [0.5, 0.6) is 11.5 Å². The van der Waals surface area contributed by atoms with E-state index in [-0.39, 0.29) is 88.4 Å². The number of fused-ring (bicyclic) bond motifs is 2. The Labute approximate surface area is 452 Å². The molecule has 1 fully saturated rings. The van der Waals surface area contributed by atoms with Crippen LogP contribution in [0.15, 0.2) is 112 Å². The van der Waals surface area contributed by atoms with Gasteiger partial charge in [0.1, 0.15) is 17.6 Å². The molecular formula is C50H48F6N2O15S6. The highest BCUT2D eigenvalue weighted by molar-refractivity contribution is 8.24. The number of carbonyl (C=O) groups is 1. The van der Waals surface area contributed by atoms with Crippen LogP contribution in [0.2, 0.25) is 0 Å². The number of hydrogen-bond donors (Lipinski definition) is 1. The number of piperidine rings is 1. The third-order valence-corrected chi connectivity index (χ3v) is 26.7. The number of aryl methyl sites for hydroxylation is 3. The molecule has 0 aromatic heterocycles. The summed E-state index contributed by atoms with van der Waals surface area (Å²) in [6.45, 7) is 10.6. The van der Waals surface area contributed by atoms with Gasteiger partial charge in [-0.3, -0.25) is 0 Å². The molecule has 0 spiro atoms. The molecule has 0 saturated carbocycles. The Hall–Kier alpha value is -5.95. The monoisotopic (exact) mass is 1220 g/mol. The first-order valence-corrected chi connectivity index (χ1v) is 32.6. The van der Waals surface area contributed by atoms with Gasteiger partial charge in [-0.2, -0.15) is 30.6 Å². The van der Waals surface area contributed by atoms with E-state index in [0.717, 1.165) is 22.3 Å². The van der Waals surface area contributed by atoms with Crippen molar-refractivity contribution in [2.75, 3.05) is 19.3 Å². The van der Waals surface area contributed by atoms with Crippen molar-refractivity contribution in [3.8, 4) is 11.5 Å². The average Bonchev–Trinajstić information content (AvgIpc) is 3.45. The molecule has 7 rings (SSSR count). The van der Waals surface area contributed by atoms with Crippen molar-refractivity contribution >= 4 is 77.2 Å². The Morgan fingerprint density at radius 1 is 0.747 bits per heavy atom. The van der Waals surface area contributed by atoms with Crippen molar-refractivity contribution in [1.29, 1.82) is 0 Å². The highest BCUT2D eigenvalue weighted by Crippen LogP contribution is 2.41. The molecule has 1 saturated heterocycles. The molecule has 1 N–H and O–H groups in total. The molecule has 426 valence electrons. The van der Waals surface area contributed by atoms with Gasteiger partial charge in [0.2, 0.25) is 19.9 Å². The highest BCUT2D eigenvalue weighted by Gasteiger charge is 2.60. The highest BCUT2D eigenvalue weighted by atomic mass is 32.3. The number of sulfonamides is 3. The van der Waals surface area contributed by atoms with Crippen molar-refractivity contribution in [3.63, 3.8) is 0 Å². The molecule has 0 amide bonds. The Kier molecular flexibility index (Phi) is 16.3. The molecule has 2 heterocycles. The molecule has 79 heavy (non-hydrogen) atoms. The number of alkyl halides is 6. The van der Waals surface area contributed by atoms with Crippen molar-refractivity contribution in [2.24, 2.45) is 0 Å². The second-order valence-corrected chi connectivity index (χ2v) is 31.4. The summed E-state index contributed by atoms with van der Waals surface area (Å²) in [6.07, 6.45) is 1.23. The molecule has 17 nitrogen and oxygen atoms in total. The van der Waals surface area contributed by atoms with Gasteiger partial charge < -0.3 is 9.47 Å². The lowest BCUT2D eigenvalue weighted by atomic mass is 9.90. The molecule has 0 aliphatic carbocycles. The fourth-order valence-corrected chi connectivity index (χ4v) is 20.9. The zero-order chi connectivity index (χ0) is 59.0. The van der Waals surface area contributed by atoms with E-state index in [2.05, 4.69) is 6.58 Å². The maximum atomic E-state index is 14.7. The summed E-state index contributed by atoms with van der Waals surface area (Å²) in [5, 5.41) is 0.633. The number of carbonyl (C=O) groups excluding carboxylic acids is 1. The van der Waals surface area contributed by atoms with Crippen LogP contribution in [0, 0.1) is 27.7 Å². The number of nitrogens with zero attached hydrogens (tertiary/aromatic N) is 1. The fraction of sp³-hybridized carbons (Fsp3) is 0.300. The Balaban J connectivity index is 1.37. The van der Waals surface area contributed by atoms with Gasteiger partial charge in [0.05, 0.1) is 14.7 Å². The lowest BCUT2D eigenvalue weighted by molar-refractivity contribution is -0.145. The summed E-state index contributed by atoms with van der Waals surface area (Å²) in [6, 6.07) is 19.4. The Bertz CT molecular complexity index is 4210. The van der Waals surface area contributed by atoms with Gasteiger partial charge in [0, 0.05) is 46.8 Å². The molecule has 0 radical (unpaired) electrons. The van der Waals surface area contributed by atoms with Crippen LogP contribution in [0.1, 0.15) is 69.8 Å². The summed E-state index contributed by atoms with van der Waals surface area (Å²) in [4.78, 5) is 10.3. The van der Waals surface area contributed by atoms with Crippen molar-refractivity contribution in [3.05, 3.63) is 158 Å². The number of rotatable bonds is 15. The molecule has 0 bridgehead atoms. The van der Waals surface area contributed by atoms with E-state index in [4.69, 9.17) is 9.47 Å². The predicted molar refractivity (Wildman–Crippen MR) is 277 cm³/mol. The van der Waals surface area contributed by atoms with Gasteiger partial charge in [0.15, 0.2) is 9.84 Å². The first-order valence-electron chi connectivity index (χ1n) is 23.1. The number of esters is 1. The fourth-order valence-electron chi connectivity index (χ4n) is 9.13. The van der Waals surface area contributed by atoms with Crippen LogP contribution < -0.4 is 19.3 Å². The van der Waals surface area contributed by atoms with Crippen molar-refractivity contribution in [2.45, 2.75) is 89.6 Å². The zero-order valence-corrected chi connectivity index (χ0v) is 47.2. The van der Waals surface area contributed by atoms with E-state index >= 15 is 0 Å². The first-order chi connectivity index (χ1) is 36.2. The number of halogens is 6. The van der Waals surface area contributed by atoms with Crippen LogP contribution in [-0.4, -0.2) is 101 Å². The molecule has 2 aliphatic rings. The maximum absolute atomic E-state index is 14.7. The zero-order valence-electron chi connectivity index (χ0n) is 42.3. The molecule has 1 atom stereocenters. The second-order valence-electron chi connectivity index (χ2n) is 18.8. The molecule has 5 aromatic rings. The predicted octanol–water partition coefficient (Wildman–Crippen LogP) is 6.13. The van der Waals surface area contributed by atoms with E-state index in [1.165, 1.54) is 62.3 Å². The lowest BCUT2D eigenvalue weighted by Gasteiger charge is -2.32. The molecule has 29 heteroatoms. The minimum absolute atomic E-state index is 0.0226. The third-order valence-electron chi connectivity index (χ3n) is 13.0. The van der Waals surface area contributed by atoms with Gasteiger partial charge in [-0.15, -0.1) is 0 Å². The summed E-state index contributed by atoms with van der Waals surface area (Å²) in [5.41, 5.74) is -9.72. The van der Waals surface area contributed by atoms with Crippen LogP contribution in [-0.2, 0) is 75.5 Å². The second kappa shape index (κ2) is 21.2. The standard InChI is InChI=1S/C50H48F6N2O15S6/c1-28(2)47(59)72-35-18-20-58(21-19-35)78(68,69)45-11-9-8-10-39(45)46-37-15-13-33(24-40-30(4)22-36(23-31(40)5)75(62,63)48(74(7,60)61)76(64,65)49(51,52)53)26-42(37)73-43-27-34(14-16-38(43)46)25-41-29(3)12-17-44(32(41)6)77(66,67)57-79(70,71)50(54,55)56/h8-17,22-23,25-27,35,48,57H,1,18-21,24H2,2-7H3/b34-25+. The minimum atomic E-state index is -6.83. The lowest BCUT2D eigenvalue weighted by Crippen LogP contribution is -2.44. The summed E-state index contributed by atoms with van der Waals surface area (Å²) in [7, 11) is -34.1. The van der Waals surface area contributed by atoms with Crippen molar-refractivity contribution in [1.82, 2.24) is 8.43 Å². The quantitative estimate of drug-likeness (QED) is 0.0689. The number of nitrogens with one attached hydrogen (secondary N) is 1. The Morgan fingerprint density at radius 3 is 1.92 bits per heavy atom. The summed E-state index contributed by atoms with van der Waals surface area (Å²) in [5.74, 6) is -0.412. The van der Waals surface area contributed by atoms with Crippen LogP contribution in [0.4, 0.5) is 26.3 Å². The van der Waals surface area contributed by atoms with Crippen LogP contribution >= 0.6 is 0 Å². The molecule has 2 aliphatic heterocycles. The van der Waals surface area contributed by atoms with Gasteiger partial charge >= 0.3 is 27.0 Å². The smallest absolute Gasteiger partial charge is 0.459 e. The van der Waals surface area contributed by atoms with Crippen LogP contribution in [0.25, 0.3) is 11.6 Å². The topological polar surface area (TPSA) is 256 Å². The van der Waals surface area contributed by atoms with Gasteiger partial charge in [-0.1, -0.05) is 53.2 Å². The number of benzene rings is 5. The van der Waals surface area contributed by atoms with E-state index in [1.54, 1.807) is 49.4 Å². The largest absolute Gasteiger partial charge is 0.512 e. The van der Waals surface area contributed by atoms with E-state index < -0.39 is 96.4 Å². The third kappa shape index (κ3) is 11.9. The number of hydrogen-bond acceptors (Lipinski definition) is 15. The summed E-state index contributed by atoms with van der Waals surface area (Å²) < 4.78 is 247. The van der Waals surface area contributed by atoms with E-state index in [9.17, 15) is 81.6 Å². The maximum Gasteiger partial charge on any atom is 0.512 e. The van der Waals surface area contributed by atoms with E-state index in [0.29, 0.717) is 38.3 Å². The molecule has 5 aromatic carbocycles. The van der Waals surface area contributed by atoms with E-state index in [1.807, 2.05) is 0 Å². The van der Waals surface area contributed by atoms with Crippen molar-refractivity contribution < 1.29 is 91.1 Å². The number of sulfone groups is 3. The Morgan fingerprint density at radius 2 is 1.35 bits per heavy atom. The number of ether oxygens (including phenoxy) is 2. The normalized spacial score (nSPS) is 15.9. The minimum Gasteiger partial charge on any atom is -0.459 e. The van der Waals surface area contributed by atoms with Gasteiger partial charge in [0.25, 0.3) is 23.8 Å². The first kappa shape index (κ1) is 60.7. The summed E-state index contributed by atoms with van der Waals surface area (Å²) >= 11 is 0. The molecular weight excluding hydrogens is 1170 g/mol. The van der Waals surface area contributed by atoms with Crippen LogP contribution in [0.3, 0.4) is 0 Å². The molecule has 1 unspecified atom stereocenters. The SMILES string of the molecule is C=C(C)C(=O)OC1CCN(S(=O)(=O)c2ccccc2C2=c3cc/c(=C\c4c(C)ccc(S(=O)(=O)NS(=O)(=O)C(F)(F)F)c4C)cc3Oc3cc(Cc4c(C)cc(S(=O)(=O)C(S(C)(=O)=O)S(=O)(=O)C(F)(F)F)cc4C)ccc32)CC1. The van der Waals surface area contributed by atoms with Gasteiger partial charge in [-0.25, -0.2) is 55.3 Å². The van der Waals surface area contributed by atoms with Gasteiger partial charge in [-0.05, 0) is 147 Å².